The summed E-state index contributed by atoms with van der Waals surface area (Å²) in [5.41, 5.74) is 1.83. The Balaban J connectivity index is 1.94. The Hall–Kier alpha value is -1.65. The van der Waals surface area contributed by atoms with Crippen molar-refractivity contribution in [2.75, 3.05) is 0 Å². The fraction of sp³-hybridized carbons (Fsp3) is 0.480. The highest BCUT2D eigenvalue weighted by Gasteiger charge is 2.40. The third kappa shape index (κ3) is 5.38. The van der Waals surface area contributed by atoms with E-state index in [9.17, 15) is 4.39 Å². The quantitative estimate of drug-likeness (QED) is 0.296. The van der Waals surface area contributed by atoms with E-state index in [4.69, 9.17) is 13.3 Å². The second kappa shape index (κ2) is 8.54. The summed E-state index contributed by atoms with van der Waals surface area (Å²) in [4.78, 5) is 4.62. The fourth-order valence-corrected chi connectivity index (χ4v) is 5.29. The molecule has 2 aromatic carbocycles. The standard InChI is InChI=1S/C25H35BrFNO3Si2/c1-24(2,3)32(7,8)30-17-14-18(26)22-20(15-17)28-23(29-22)16-11-12-21(19(27)13-16)31-33(9,10)25(4,5)6/h11-15H,1-10H3. The van der Waals surface area contributed by atoms with Crippen molar-refractivity contribution in [2.45, 2.75) is 77.8 Å². The van der Waals surface area contributed by atoms with E-state index < -0.39 is 22.5 Å². The van der Waals surface area contributed by atoms with Crippen LogP contribution in [0.1, 0.15) is 41.5 Å². The molecule has 33 heavy (non-hydrogen) atoms. The molecule has 0 fully saturated rings. The van der Waals surface area contributed by atoms with E-state index in [-0.39, 0.29) is 15.8 Å². The summed E-state index contributed by atoms with van der Waals surface area (Å²) < 4.78 is 34.3. The summed E-state index contributed by atoms with van der Waals surface area (Å²) in [5, 5.41) is 0.0596. The minimum atomic E-state index is -2.14. The first-order valence-electron chi connectivity index (χ1n) is 11.2. The summed E-state index contributed by atoms with van der Waals surface area (Å²) in [5.74, 6) is 0.964. The third-order valence-corrected chi connectivity index (χ3v) is 16.2. The van der Waals surface area contributed by atoms with Gasteiger partial charge in [0.2, 0.25) is 14.2 Å². The Morgan fingerprint density at radius 1 is 0.879 bits per heavy atom. The molecule has 0 atom stereocenters. The minimum Gasteiger partial charge on any atom is -0.543 e. The van der Waals surface area contributed by atoms with E-state index in [1.54, 1.807) is 12.1 Å². The normalized spacial score (nSPS) is 13.5. The number of hydrogen-bond donors (Lipinski definition) is 0. The van der Waals surface area contributed by atoms with Crippen molar-refractivity contribution >= 4 is 43.7 Å². The molecule has 1 heterocycles. The predicted molar refractivity (Wildman–Crippen MR) is 143 cm³/mol. The molecule has 4 nitrogen and oxygen atoms in total. The molecule has 0 spiro atoms. The third-order valence-electron chi connectivity index (χ3n) is 6.95. The molecule has 0 aliphatic carbocycles. The second-order valence-electron chi connectivity index (χ2n) is 11.6. The molecular formula is C25H35BrFNO3Si2. The number of rotatable bonds is 5. The fourth-order valence-electron chi connectivity index (χ4n) is 2.74. The molecule has 0 saturated carbocycles. The van der Waals surface area contributed by atoms with E-state index in [1.165, 1.54) is 6.07 Å². The topological polar surface area (TPSA) is 44.5 Å². The van der Waals surface area contributed by atoms with Crippen LogP contribution in [0.15, 0.2) is 39.2 Å². The Morgan fingerprint density at radius 3 is 2.00 bits per heavy atom. The van der Waals surface area contributed by atoms with Crippen LogP contribution in [0.3, 0.4) is 0 Å². The van der Waals surface area contributed by atoms with E-state index >= 15 is 0 Å². The lowest BCUT2D eigenvalue weighted by molar-refractivity contribution is 0.457. The molecule has 180 valence electrons. The maximum atomic E-state index is 15.0. The summed E-state index contributed by atoms with van der Waals surface area (Å²) in [7, 11) is -4.14. The molecule has 0 bridgehead atoms. The van der Waals surface area contributed by atoms with Crippen molar-refractivity contribution in [3.05, 3.63) is 40.6 Å². The molecule has 0 unspecified atom stereocenters. The summed E-state index contributed by atoms with van der Waals surface area (Å²) in [6.45, 7) is 21.6. The number of oxazole rings is 1. The van der Waals surface area contributed by atoms with Crippen LogP contribution in [0.25, 0.3) is 22.6 Å². The molecule has 3 aromatic rings. The van der Waals surface area contributed by atoms with E-state index in [2.05, 4.69) is 88.6 Å². The van der Waals surface area contributed by atoms with Crippen LogP contribution in [-0.2, 0) is 0 Å². The first kappa shape index (κ1) is 26.0. The first-order chi connectivity index (χ1) is 14.9. The number of nitrogens with zero attached hydrogens (tertiary/aromatic N) is 1. The van der Waals surface area contributed by atoms with E-state index in [1.807, 2.05) is 12.1 Å². The van der Waals surface area contributed by atoms with Gasteiger partial charge in [-0.3, -0.25) is 0 Å². The summed E-state index contributed by atoms with van der Waals surface area (Å²) in [6.07, 6.45) is 0. The second-order valence-corrected chi connectivity index (χ2v) is 21.9. The van der Waals surface area contributed by atoms with Crippen molar-refractivity contribution in [3.63, 3.8) is 0 Å². The molecule has 3 rings (SSSR count). The minimum absolute atomic E-state index is 0.0190. The van der Waals surface area contributed by atoms with Gasteiger partial charge in [-0.05, 0) is 76.5 Å². The highest BCUT2D eigenvalue weighted by molar-refractivity contribution is 9.10. The van der Waals surface area contributed by atoms with Crippen molar-refractivity contribution in [3.8, 4) is 23.0 Å². The van der Waals surface area contributed by atoms with Crippen molar-refractivity contribution in [2.24, 2.45) is 0 Å². The summed E-state index contributed by atoms with van der Waals surface area (Å²) in [6, 6.07) is 8.68. The van der Waals surface area contributed by atoms with Gasteiger partial charge >= 0.3 is 0 Å². The number of benzene rings is 2. The predicted octanol–water partition coefficient (Wildman–Crippen LogP) is 9.16. The van der Waals surface area contributed by atoms with Gasteiger partial charge in [-0.2, -0.15) is 0 Å². The molecular weight excluding hydrogens is 517 g/mol. The molecule has 1 aromatic heterocycles. The summed E-state index contributed by atoms with van der Waals surface area (Å²) >= 11 is 3.58. The molecule has 8 heteroatoms. The Bertz CT molecular complexity index is 1180. The van der Waals surface area contributed by atoms with Crippen LogP contribution in [-0.4, -0.2) is 21.6 Å². The van der Waals surface area contributed by atoms with Crippen LogP contribution in [0.5, 0.6) is 11.5 Å². The largest absolute Gasteiger partial charge is 0.543 e. The van der Waals surface area contributed by atoms with Crippen molar-refractivity contribution in [1.29, 1.82) is 0 Å². The van der Waals surface area contributed by atoms with Gasteiger partial charge in [-0.25, -0.2) is 9.37 Å². The zero-order chi connectivity index (χ0) is 25.0. The first-order valence-corrected chi connectivity index (χ1v) is 17.8. The number of aromatic nitrogens is 1. The van der Waals surface area contributed by atoms with Gasteiger partial charge < -0.3 is 13.3 Å². The van der Waals surface area contributed by atoms with Crippen LogP contribution in [0, 0.1) is 5.82 Å². The molecule has 0 amide bonds. The number of halogens is 2. The van der Waals surface area contributed by atoms with Crippen LogP contribution >= 0.6 is 15.9 Å². The Labute approximate surface area is 207 Å². The van der Waals surface area contributed by atoms with Gasteiger partial charge in [0.05, 0.1) is 4.47 Å². The van der Waals surface area contributed by atoms with Crippen LogP contribution in [0.4, 0.5) is 4.39 Å². The van der Waals surface area contributed by atoms with Crippen LogP contribution < -0.4 is 8.85 Å². The average Bonchev–Trinajstić information content (AvgIpc) is 3.05. The van der Waals surface area contributed by atoms with Gasteiger partial charge in [0, 0.05) is 11.6 Å². The van der Waals surface area contributed by atoms with Gasteiger partial charge in [-0.1, -0.05) is 41.5 Å². The van der Waals surface area contributed by atoms with Crippen LogP contribution in [0.2, 0.25) is 36.3 Å². The average molecular weight is 553 g/mol. The smallest absolute Gasteiger partial charge is 0.250 e. The zero-order valence-electron chi connectivity index (χ0n) is 21.3. The van der Waals surface area contributed by atoms with Crippen molar-refractivity contribution in [1.82, 2.24) is 4.98 Å². The molecule has 0 saturated heterocycles. The van der Waals surface area contributed by atoms with E-state index in [0.717, 1.165) is 10.2 Å². The lowest BCUT2D eigenvalue weighted by Gasteiger charge is -2.36. The monoisotopic (exact) mass is 551 g/mol. The van der Waals surface area contributed by atoms with Crippen molar-refractivity contribution < 1.29 is 17.7 Å². The Morgan fingerprint density at radius 2 is 1.45 bits per heavy atom. The maximum absolute atomic E-state index is 15.0. The lowest BCUT2D eigenvalue weighted by atomic mass is 10.2. The SMILES string of the molecule is CC(C)(C)[Si](C)(C)Oc1cc(Br)c2oc(-c3ccc(O[Si](C)(C)C(C)(C)C)c(F)c3)nc2c1. The number of fused-ring (bicyclic) bond motifs is 1. The van der Waals surface area contributed by atoms with E-state index in [0.29, 0.717) is 22.6 Å². The Kier molecular flexibility index (Phi) is 6.72. The zero-order valence-corrected chi connectivity index (χ0v) is 24.9. The lowest BCUT2D eigenvalue weighted by Crippen LogP contribution is -2.44. The van der Waals surface area contributed by atoms with Gasteiger partial charge in [0.15, 0.2) is 11.4 Å². The highest BCUT2D eigenvalue weighted by Crippen LogP contribution is 2.41. The molecule has 0 aliphatic rings. The van der Waals surface area contributed by atoms with Gasteiger partial charge in [0.1, 0.15) is 17.0 Å². The van der Waals surface area contributed by atoms with Gasteiger partial charge in [-0.15, -0.1) is 0 Å². The highest BCUT2D eigenvalue weighted by atomic mass is 79.9. The number of hydrogen-bond acceptors (Lipinski definition) is 4. The molecule has 0 N–H and O–H groups in total. The molecule has 0 radical (unpaired) electrons. The van der Waals surface area contributed by atoms with Gasteiger partial charge in [0.25, 0.3) is 8.32 Å². The maximum Gasteiger partial charge on any atom is 0.250 e. The molecule has 0 aliphatic heterocycles.